The first-order valence-corrected chi connectivity index (χ1v) is 13.1. The van der Waals surface area contributed by atoms with Crippen molar-refractivity contribution in [3.63, 3.8) is 0 Å². The molecule has 1 atom stereocenters. The summed E-state index contributed by atoms with van der Waals surface area (Å²) in [4.78, 5) is 52.9. The first-order valence-electron chi connectivity index (χ1n) is 10.4. The maximum Gasteiger partial charge on any atom is 0.469 e. The molecular formula is C19H37N2O8PS. The summed E-state index contributed by atoms with van der Waals surface area (Å²) in [5.74, 6) is 0.684. The molecule has 0 aromatic heterocycles. The van der Waals surface area contributed by atoms with Gasteiger partial charge in [-0.15, -0.1) is 0 Å². The van der Waals surface area contributed by atoms with Crippen molar-refractivity contribution in [2.45, 2.75) is 65.4 Å². The molecule has 0 spiro atoms. The highest BCUT2D eigenvalue weighted by atomic mass is 32.2. The molecule has 31 heavy (non-hydrogen) atoms. The maximum absolute atomic E-state index is 12.0. The van der Waals surface area contributed by atoms with Crippen LogP contribution in [0, 0.1) is 5.41 Å². The number of thioether (sulfide) groups is 1. The first kappa shape index (κ1) is 30.0. The van der Waals surface area contributed by atoms with Crippen molar-refractivity contribution in [1.29, 1.82) is 0 Å². The second-order valence-electron chi connectivity index (χ2n) is 7.90. The van der Waals surface area contributed by atoms with Crippen molar-refractivity contribution in [1.82, 2.24) is 10.6 Å². The molecule has 0 bridgehead atoms. The minimum atomic E-state index is -4.71. The van der Waals surface area contributed by atoms with Gasteiger partial charge in [-0.2, -0.15) is 11.8 Å². The van der Waals surface area contributed by atoms with Crippen LogP contribution in [0.1, 0.15) is 59.3 Å². The second kappa shape index (κ2) is 15.8. The van der Waals surface area contributed by atoms with Crippen LogP contribution in [0.3, 0.4) is 0 Å². The molecule has 10 nitrogen and oxygen atoms in total. The van der Waals surface area contributed by atoms with Crippen LogP contribution in [0.5, 0.6) is 0 Å². The van der Waals surface area contributed by atoms with E-state index in [0.717, 1.165) is 25.0 Å². The van der Waals surface area contributed by atoms with Crippen LogP contribution >= 0.6 is 19.6 Å². The van der Waals surface area contributed by atoms with Crippen LogP contribution in [-0.2, 0) is 23.5 Å². The molecule has 182 valence electrons. The molecule has 12 heteroatoms. The number of carbonyl (C=O) groups excluding carboxylic acids is 3. The van der Waals surface area contributed by atoms with Crippen LogP contribution in [0.4, 0.5) is 0 Å². The van der Waals surface area contributed by atoms with E-state index < -0.39 is 31.9 Å². The number of unbranched alkanes of at least 4 members (excludes halogenated alkanes) is 2. The Labute approximate surface area is 188 Å². The Morgan fingerprint density at radius 2 is 1.71 bits per heavy atom. The zero-order chi connectivity index (χ0) is 23.9. The summed E-state index contributed by atoms with van der Waals surface area (Å²) in [6.07, 6.45) is 2.76. The van der Waals surface area contributed by atoms with Gasteiger partial charge in [-0.1, -0.05) is 33.6 Å². The lowest BCUT2D eigenvalue weighted by Crippen LogP contribution is -2.46. The molecule has 0 aliphatic carbocycles. The van der Waals surface area contributed by atoms with Crippen LogP contribution in [0.15, 0.2) is 0 Å². The number of ketones is 1. The van der Waals surface area contributed by atoms with E-state index in [2.05, 4.69) is 22.1 Å². The molecule has 0 fully saturated rings. The van der Waals surface area contributed by atoms with Crippen molar-refractivity contribution < 1.29 is 38.4 Å². The molecule has 0 saturated heterocycles. The summed E-state index contributed by atoms with van der Waals surface area (Å²) < 4.78 is 15.1. The number of nitrogens with one attached hydrogen (secondary N) is 2. The molecule has 0 heterocycles. The van der Waals surface area contributed by atoms with Gasteiger partial charge in [0.15, 0.2) is 0 Å². The van der Waals surface area contributed by atoms with E-state index in [0.29, 0.717) is 25.1 Å². The van der Waals surface area contributed by atoms with Gasteiger partial charge < -0.3 is 25.5 Å². The van der Waals surface area contributed by atoms with E-state index in [1.165, 1.54) is 13.8 Å². The quantitative estimate of drug-likeness (QED) is 0.143. The molecule has 0 saturated carbocycles. The lowest BCUT2D eigenvalue weighted by molar-refractivity contribution is -0.137. The highest BCUT2D eigenvalue weighted by Gasteiger charge is 2.35. The second-order valence-corrected chi connectivity index (χ2v) is 10.4. The fraction of sp³-hybridized carbons (Fsp3) is 0.842. The van der Waals surface area contributed by atoms with E-state index in [-0.39, 0.29) is 24.7 Å². The van der Waals surface area contributed by atoms with Crippen molar-refractivity contribution in [3.8, 4) is 0 Å². The Kier molecular flexibility index (Phi) is 15.3. The smallest absolute Gasteiger partial charge is 0.383 e. The first-order chi connectivity index (χ1) is 14.4. The lowest BCUT2D eigenvalue weighted by atomic mass is 9.87. The normalized spacial score (nSPS) is 13.0. The Morgan fingerprint density at radius 3 is 2.32 bits per heavy atom. The Balaban J connectivity index is 3.90. The average molecular weight is 485 g/mol. The third-order valence-corrected chi connectivity index (χ3v) is 5.85. The van der Waals surface area contributed by atoms with E-state index in [1.807, 2.05) is 0 Å². The predicted molar refractivity (Wildman–Crippen MR) is 120 cm³/mol. The number of Topliss-reactive ketones (excluding diaryl/α,β-unsaturated/α-hetero) is 1. The molecule has 0 aliphatic rings. The Morgan fingerprint density at radius 1 is 1.03 bits per heavy atom. The number of amides is 2. The molecule has 0 aromatic carbocycles. The minimum Gasteiger partial charge on any atom is -0.383 e. The van der Waals surface area contributed by atoms with Gasteiger partial charge in [0.25, 0.3) is 0 Å². The summed E-state index contributed by atoms with van der Waals surface area (Å²) in [6, 6.07) is 0. The van der Waals surface area contributed by atoms with Crippen LogP contribution < -0.4 is 10.6 Å². The standard InChI is InChI=1S/C19H37N2O8PS/c1-4-5-6-7-15(22)9-12-31-13-11-20-16(23)8-10-21-18(25)17(24)19(2,3)14-29-30(26,27)28/h17,24H,4-14H2,1-3H3,(H,20,23)(H,21,25)(H2,26,27,28)/t17-/m0/s1. The molecule has 0 rings (SSSR count). The summed E-state index contributed by atoms with van der Waals surface area (Å²) >= 11 is 1.60. The molecular weight excluding hydrogens is 447 g/mol. The molecule has 0 radical (unpaired) electrons. The van der Waals surface area contributed by atoms with E-state index in [9.17, 15) is 24.1 Å². The zero-order valence-corrected chi connectivity index (χ0v) is 20.3. The van der Waals surface area contributed by atoms with Gasteiger partial charge >= 0.3 is 7.82 Å². The van der Waals surface area contributed by atoms with Gasteiger partial charge in [-0.3, -0.25) is 18.9 Å². The lowest BCUT2D eigenvalue weighted by Gasteiger charge is -2.29. The molecule has 5 N–H and O–H groups in total. The maximum atomic E-state index is 12.0. The third kappa shape index (κ3) is 16.3. The van der Waals surface area contributed by atoms with Gasteiger partial charge in [0.2, 0.25) is 11.8 Å². The Hall–Kier alpha value is -0.970. The Bertz CT molecular complexity index is 612. The summed E-state index contributed by atoms with van der Waals surface area (Å²) in [5.41, 5.74) is -1.23. The number of phosphoric acid groups is 1. The monoisotopic (exact) mass is 484 g/mol. The number of rotatable bonds is 18. The van der Waals surface area contributed by atoms with Crippen LogP contribution in [0.2, 0.25) is 0 Å². The van der Waals surface area contributed by atoms with Gasteiger partial charge in [-0.25, -0.2) is 4.57 Å². The number of phosphoric ester groups is 1. The molecule has 0 aromatic rings. The number of aliphatic hydroxyl groups is 1. The molecule has 0 aliphatic heterocycles. The molecule has 2 amide bonds. The van der Waals surface area contributed by atoms with Gasteiger partial charge in [-0.05, 0) is 6.42 Å². The zero-order valence-electron chi connectivity index (χ0n) is 18.6. The minimum absolute atomic E-state index is 0.0105. The summed E-state index contributed by atoms with van der Waals surface area (Å²) in [7, 11) is -4.71. The van der Waals surface area contributed by atoms with Crippen LogP contribution in [0.25, 0.3) is 0 Å². The summed E-state index contributed by atoms with van der Waals surface area (Å²) in [6.45, 7) is 4.90. The fourth-order valence-corrected chi connectivity index (χ4v) is 3.74. The van der Waals surface area contributed by atoms with Crippen molar-refractivity contribution >= 4 is 37.2 Å². The van der Waals surface area contributed by atoms with Gasteiger partial charge in [0, 0.05) is 49.3 Å². The third-order valence-electron chi connectivity index (χ3n) is 4.40. The van der Waals surface area contributed by atoms with Gasteiger partial charge in [0.05, 0.1) is 6.61 Å². The number of hydrogen-bond donors (Lipinski definition) is 5. The van der Waals surface area contributed by atoms with Crippen molar-refractivity contribution in [2.75, 3.05) is 31.2 Å². The highest BCUT2D eigenvalue weighted by molar-refractivity contribution is 7.99. The van der Waals surface area contributed by atoms with E-state index in [4.69, 9.17) is 9.79 Å². The topological polar surface area (TPSA) is 162 Å². The SMILES string of the molecule is CCCCCC(=O)CCSCCNC(=O)CCNC(=O)[C@H](O)C(C)(C)COP(=O)(O)O. The fourth-order valence-electron chi connectivity index (χ4n) is 2.42. The van der Waals surface area contributed by atoms with Crippen molar-refractivity contribution in [2.24, 2.45) is 5.41 Å². The average Bonchev–Trinajstić information content (AvgIpc) is 2.68. The predicted octanol–water partition coefficient (Wildman–Crippen LogP) is 1.38. The van der Waals surface area contributed by atoms with E-state index >= 15 is 0 Å². The largest absolute Gasteiger partial charge is 0.469 e. The number of aliphatic hydroxyl groups excluding tert-OH is 1. The van der Waals surface area contributed by atoms with Crippen molar-refractivity contribution in [3.05, 3.63) is 0 Å². The van der Waals surface area contributed by atoms with Gasteiger partial charge in [0.1, 0.15) is 11.9 Å². The number of carbonyl (C=O) groups is 3. The van der Waals surface area contributed by atoms with E-state index in [1.54, 1.807) is 11.8 Å². The molecule has 0 unspecified atom stereocenters. The summed E-state index contributed by atoms with van der Waals surface area (Å²) in [5, 5.41) is 15.2. The highest BCUT2D eigenvalue weighted by Crippen LogP contribution is 2.38. The van der Waals surface area contributed by atoms with Crippen LogP contribution in [-0.4, -0.2) is 69.8 Å². The number of hydrogen-bond acceptors (Lipinski definition) is 7.